The first-order valence-corrected chi connectivity index (χ1v) is 6.60. The first kappa shape index (κ1) is 12.4. The molecule has 1 aromatic rings. The van der Waals surface area contributed by atoms with E-state index in [0.717, 1.165) is 36.3 Å². The predicted octanol–water partition coefficient (Wildman–Crippen LogP) is 2.41. The Labute approximate surface area is 104 Å². The molecule has 0 aromatic carbocycles. The molecular formula is C14H23N3. The summed E-state index contributed by atoms with van der Waals surface area (Å²) in [6.07, 6.45) is 4.47. The van der Waals surface area contributed by atoms with Crippen LogP contribution in [0.2, 0.25) is 0 Å². The number of rotatable bonds is 3. The van der Waals surface area contributed by atoms with E-state index in [1.54, 1.807) is 0 Å². The minimum absolute atomic E-state index is 0.572. The van der Waals surface area contributed by atoms with Crippen molar-refractivity contribution in [2.75, 3.05) is 18.0 Å². The fraction of sp³-hybridized carbons (Fsp3) is 0.643. The smallest absolute Gasteiger partial charge is 0.128 e. The molecule has 3 nitrogen and oxygen atoms in total. The van der Waals surface area contributed by atoms with Gasteiger partial charge in [-0.25, -0.2) is 4.98 Å². The summed E-state index contributed by atoms with van der Waals surface area (Å²) in [5.74, 6) is 2.80. The van der Waals surface area contributed by atoms with Crippen LogP contribution in [0.15, 0.2) is 18.3 Å². The van der Waals surface area contributed by atoms with E-state index in [1.807, 2.05) is 6.20 Å². The predicted molar refractivity (Wildman–Crippen MR) is 71.9 cm³/mol. The fourth-order valence-corrected chi connectivity index (χ4v) is 2.52. The molecule has 17 heavy (non-hydrogen) atoms. The monoisotopic (exact) mass is 233 g/mol. The summed E-state index contributed by atoms with van der Waals surface area (Å²) in [5, 5.41) is 0. The molecule has 1 aliphatic rings. The molecule has 1 saturated heterocycles. The van der Waals surface area contributed by atoms with Gasteiger partial charge in [0.05, 0.1) is 0 Å². The quantitative estimate of drug-likeness (QED) is 0.871. The van der Waals surface area contributed by atoms with E-state index < -0.39 is 0 Å². The summed E-state index contributed by atoms with van der Waals surface area (Å²) >= 11 is 0. The van der Waals surface area contributed by atoms with Gasteiger partial charge < -0.3 is 10.6 Å². The second-order valence-corrected chi connectivity index (χ2v) is 5.30. The van der Waals surface area contributed by atoms with Gasteiger partial charge in [0.1, 0.15) is 5.82 Å². The topological polar surface area (TPSA) is 42.1 Å². The first-order valence-electron chi connectivity index (χ1n) is 6.60. The maximum absolute atomic E-state index is 5.58. The minimum atomic E-state index is 0.572. The van der Waals surface area contributed by atoms with E-state index in [0.29, 0.717) is 6.54 Å². The fourth-order valence-electron chi connectivity index (χ4n) is 2.52. The molecule has 2 rings (SSSR count). The molecule has 0 aliphatic carbocycles. The number of anilines is 1. The molecule has 2 heterocycles. The molecular weight excluding hydrogens is 210 g/mol. The Morgan fingerprint density at radius 2 is 2.06 bits per heavy atom. The molecule has 2 N–H and O–H groups in total. The number of aromatic nitrogens is 1. The van der Waals surface area contributed by atoms with Crippen LogP contribution in [0.1, 0.15) is 32.3 Å². The molecule has 0 radical (unpaired) electrons. The van der Waals surface area contributed by atoms with Crippen LogP contribution < -0.4 is 10.6 Å². The van der Waals surface area contributed by atoms with E-state index >= 15 is 0 Å². The van der Waals surface area contributed by atoms with Gasteiger partial charge in [0.25, 0.3) is 0 Å². The van der Waals surface area contributed by atoms with E-state index in [4.69, 9.17) is 5.73 Å². The van der Waals surface area contributed by atoms with Crippen LogP contribution in [0.3, 0.4) is 0 Å². The van der Waals surface area contributed by atoms with Crippen LogP contribution in [0, 0.1) is 11.8 Å². The highest BCUT2D eigenvalue weighted by Gasteiger charge is 2.21. The molecule has 0 unspecified atom stereocenters. The largest absolute Gasteiger partial charge is 0.357 e. The summed E-state index contributed by atoms with van der Waals surface area (Å²) < 4.78 is 0. The maximum Gasteiger partial charge on any atom is 0.128 e. The van der Waals surface area contributed by atoms with Crippen molar-refractivity contribution in [2.24, 2.45) is 17.6 Å². The van der Waals surface area contributed by atoms with Gasteiger partial charge in [-0.1, -0.05) is 19.9 Å². The summed E-state index contributed by atoms with van der Waals surface area (Å²) in [5.41, 5.74) is 6.68. The van der Waals surface area contributed by atoms with Gasteiger partial charge >= 0.3 is 0 Å². The van der Waals surface area contributed by atoms with Crippen LogP contribution >= 0.6 is 0 Å². The van der Waals surface area contributed by atoms with Crippen LogP contribution in [-0.4, -0.2) is 18.1 Å². The Morgan fingerprint density at radius 3 is 2.53 bits per heavy atom. The zero-order valence-corrected chi connectivity index (χ0v) is 10.9. The Kier molecular flexibility index (Phi) is 4.00. The molecule has 1 aromatic heterocycles. The second kappa shape index (κ2) is 5.50. The molecule has 0 spiro atoms. The summed E-state index contributed by atoms with van der Waals surface area (Å²) in [6.45, 7) is 7.50. The van der Waals surface area contributed by atoms with E-state index in [-0.39, 0.29) is 0 Å². The van der Waals surface area contributed by atoms with Gasteiger partial charge in [-0.3, -0.25) is 0 Å². The van der Waals surface area contributed by atoms with Crippen molar-refractivity contribution in [1.29, 1.82) is 0 Å². The first-order chi connectivity index (χ1) is 8.20. The second-order valence-electron chi connectivity index (χ2n) is 5.30. The Balaban J connectivity index is 1.95. The maximum atomic E-state index is 5.58. The lowest BCUT2D eigenvalue weighted by Gasteiger charge is -2.34. The lowest BCUT2D eigenvalue weighted by Crippen LogP contribution is -2.35. The van der Waals surface area contributed by atoms with Crippen LogP contribution in [0.25, 0.3) is 0 Å². The molecule has 1 fully saturated rings. The van der Waals surface area contributed by atoms with Crippen molar-refractivity contribution in [3.05, 3.63) is 23.9 Å². The Bertz CT molecular complexity index is 337. The zero-order valence-electron chi connectivity index (χ0n) is 10.9. The van der Waals surface area contributed by atoms with Gasteiger partial charge in [-0.15, -0.1) is 0 Å². The number of piperidine rings is 1. The van der Waals surface area contributed by atoms with E-state index in [1.165, 1.54) is 12.8 Å². The standard InChI is InChI=1S/C14H23N3/c1-11(2)13-5-7-17(8-6-13)14-4-3-12(9-15)10-16-14/h3-4,10-11,13H,5-9,15H2,1-2H3. The number of pyridine rings is 1. The van der Waals surface area contributed by atoms with E-state index in [2.05, 4.69) is 35.9 Å². The number of hydrogen-bond donors (Lipinski definition) is 1. The molecule has 0 bridgehead atoms. The van der Waals surface area contributed by atoms with Gasteiger partial charge in [0.15, 0.2) is 0 Å². The molecule has 0 amide bonds. The van der Waals surface area contributed by atoms with Gasteiger partial charge in [-0.2, -0.15) is 0 Å². The third-order valence-electron chi connectivity index (χ3n) is 3.85. The summed E-state index contributed by atoms with van der Waals surface area (Å²) in [7, 11) is 0. The molecule has 3 heteroatoms. The third-order valence-corrected chi connectivity index (χ3v) is 3.85. The van der Waals surface area contributed by atoms with Crippen molar-refractivity contribution in [2.45, 2.75) is 33.2 Å². The molecule has 94 valence electrons. The average molecular weight is 233 g/mol. The van der Waals surface area contributed by atoms with Gasteiger partial charge in [-0.05, 0) is 36.3 Å². The molecule has 0 atom stereocenters. The average Bonchev–Trinajstić information content (AvgIpc) is 2.39. The highest BCUT2D eigenvalue weighted by molar-refractivity contribution is 5.39. The summed E-state index contributed by atoms with van der Waals surface area (Å²) in [6, 6.07) is 4.18. The number of nitrogens with zero attached hydrogens (tertiary/aromatic N) is 2. The summed E-state index contributed by atoms with van der Waals surface area (Å²) in [4.78, 5) is 6.88. The minimum Gasteiger partial charge on any atom is -0.357 e. The van der Waals surface area contributed by atoms with Crippen LogP contribution in [-0.2, 0) is 6.54 Å². The third kappa shape index (κ3) is 2.97. The normalized spacial score (nSPS) is 17.8. The van der Waals surface area contributed by atoms with Crippen molar-refractivity contribution in [3.8, 4) is 0 Å². The highest BCUT2D eigenvalue weighted by atomic mass is 15.2. The van der Waals surface area contributed by atoms with Crippen LogP contribution in [0.5, 0.6) is 0 Å². The van der Waals surface area contributed by atoms with Gasteiger partial charge in [0, 0.05) is 25.8 Å². The molecule has 0 saturated carbocycles. The van der Waals surface area contributed by atoms with E-state index in [9.17, 15) is 0 Å². The van der Waals surface area contributed by atoms with Crippen molar-refractivity contribution >= 4 is 5.82 Å². The zero-order chi connectivity index (χ0) is 12.3. The molecule has 1 aliphatic heterocycles. The SMILES string of the molecule is CC(C)C1CCN(c2ccc(CN)cn2)CC1. The van der Waals surface area contributed by atoms with Gasteiger partial charge in [0.2, 0.25) is 0 Å². The lowest BCUT2D eigenvalue weighted by atomic mass is 9.87. The Hall–Kier alpha value is -1.09. The Morgan fingerprint density at radius 1 is 1.35 bits per heavy atom. The number of nitrogens with two attached hydrogens (primary N) is 1. The number of hydrogen-bond acceptors (Lipinski definition) is 3. The van der Waals surface area contributed by atoms with Crippen molar-refractivity contribution in [1.82, 2.24) is 4.98 Å². The van der Waals surface area contributed by atoms with Crippen molar-refractivity contribution in [3.63, 3.8) is 0 Å². The lowest BCUT2D eigenvalue weighted by molar-refractivity contribution is 0.310. The van der Waals surface area contributed by atoms with Crippen LogP contribution in [0.4, 0.5) is 5.82 Å². The highest BCUT2D eigenvalue weighted by Crippen LogP contribution is 2.26. The van der Waals surface area contributed by atoms with Crippen molar-refractivity contribution < 1.29 is 0 Å².